The molecule has 0 radical (unpaired) electrons. The van der Waals surface area contributed by atoms with Gasteiger partial charge in [0, 0.05) is 16.9 Å². The van der Waals surface area contributed by atoms with Gasteiger partial charge in [0.05, 0.1) is 26.4 Å². The molecule has 1 amide bonds. The van der Waals surface area contributed by atoms with Crippen molar-refractivity contribution < 1.29 is 23.8 Å². The van der Waals surface area contributed by atoms with Gasteiger partial charge in [0.2, 0.25) is 5.91 Å². The van der Waals surface area contributed by atoms with Crippen LogP contribution in [-0.2, 0) is 19.0 Å². The molecule has 3 heterocycles. The van der Waals surface area contributed by atoms with Crippen LogP contribution in [0.2, 0.25) is 0 Å². The second-order valence-corrected chi connectivity index (χ2v) is 8.59. The molecule has 0 spiro atoms. The van der Waals surface area contributed by atoms with Crippen molar-refractivity contribution >= 4 is 28.2 Å². The predicted molar refractivity (Wildman–Crippen MR) is 119 cm³/mol. The van der Waals surface area contributed by atoms with Crippen molar-refractivity contribution in [3.8, 4) is 11.1 Å². The van der Waals surface area contributed by atoms with Crippen LogP contribution in [0.5, 0.6) is 0 Å². The van der Waals surface area contributed by atoms with Crippen molar-refractivity contribution in [3.05, 3.63) is 41.3 Å². The van der Waals surface area contributed by atoms with Crippen molar-refractivity contribution in [2.45, 2.75) is 26.1 Å². The molecule has 7 nitrogen and oxygen atoms in total. The van der Waals surface area contributed by atoms with E-state index in [2.05, 4.69) is 10.2 Å². The third-order valence-electron chi connectivity index (χ3n) is 5.64. The molecule has 2 fully saturated rings. The van der Waals surface area contributed by atoms with Crippen LogP contribution < -0.4 is 5.32 Å². The van der Waals surface area contributed by atoms with Crippen LogP contribution in [0.3, 0.4) is 0 Å². The Morgan fingerprint density at radius 1 is 1.16 bits per heavy atom. The molecule has 2 aliphatic rings. The highest BCUT2D eigenvalue weighted by Gasteiger charge is 2.31. The van der Waals surface area contributed by atoms with Crippen molar-refractivity contribution in [2.75, 3.05) is 44.8 Å². The number of carbonyl (C=O) groups is 2. The van der Waals surface area contributed by atoms with Crippen molar-refractivity contribution in [1.29, 1.82) is 0 Å². The van der Waals surface area contributed by atoms with E-state index in [1.165, 1.54) is 11.3 Å². The maximum Gasteiger partial charge on any atom is 0.341 e. The third kappa shape index (κ3) is 5.33. The van der Waals surface area contributed by atoms with E-state index in [1.807, 2.05) is 35.7 Å². The number of amides is 1. The predicted octanol–water partition coefficient (Wildman–Crippen LogP) is 3.62. The molecule has 31 heavy (non-hydrogen) atoms. The maximum atomic E-state index is 12.7. The summed E-state index contributed by atoms with van der Waals surface area (Å²) in [5, 5.41) is 5.37. The normalized spacial score (nSPS) is 18.2. The van der Waals surface area contributed by atoms with Gasteiger partial charge in [0.1, 0.15) is 10.6 Å². The van der Waals surface area contributed by atoms with E-state index < -0.39 is 5.97 Å². The Labute approximate surface area is 186 Å². The second-order valence-electron chi connectivity index (χ2n) is 7.71. The standard InChI is InChI=1S/C23H28N2O5S/c1-2-28-22(27)20-18(16-6-4-3-5-7-16)15-31-21(20)24-19(26)14-25-10-8-17(9-11-25)23-29-12-13-30-23/h3-7,15,17,23H,2,8-14H2,1H3,(H,24,26). The highest BCUT2D eigenvalue weighted by atomic mass is 32.1. The molecule has 2 aliphatic heterocycles. The van der Waals surface area contributed by atoms with Gasteiger partial charge in [-0.25, -0.2) is 4.79 Å². The van der Waals surface area contributed by atoms with Crippen LogP contribution in [0.4, 0.5) is 5.00 Å². The van der Waals surface area contributed by atoms with E-state index in [-0.39, 0.29) is 18.8 Å². The largest absolute Gasteiger partial charge is 0.462 e. The Morgan fingerprint density at radius 2 is 1.87 bits per heavy atom. The fourth-order valence-electron chi connectivity index (χ4n) is 4.09. The van der Waals surface area contributed by atoms with Crippen LogP contribution in [0.25, 0.3) is 11.1 Å². The molecule has 0 bridgehead atoms. The zero-order valence-corrected chi connectivity index (χ0v) is 18.5. The van der Waals surface area contributed by atoms with Crippen LogP contribution in [0.1, 0.15) is 30.1 Å². The minimum absolute atomic E-state index is 0.0920. The summed E-state index contributed by atoms with van der Waals surface area (Å²) in [6.45, 7) is 5.33. The van der Waals surface area contributed by atoms with Crippen molar-refractivity contribution in [2.24, 2.45) is 5.92 Å². The van der Waals surface area contributed by atoms with Gasteiger partial charge in [0.15, 0.2) is 6.29 Å². The maximum absolute atomic E-state index is 12.7. The lowest BCUT2D eigenvalue weighted by atomic mass is 9.96. The number of hydrogen-bond donors (Lipinski definition) is 1. The number of esters is 1. The Kier molecular flexibility index (Phi) is 7.34. The monoisotopic (exact) mass is 444 g/mol. The van der Waals surface area contributed by atoms with Gasteiger partial charge in [0.25, 0.3) is 0 Å². The van der Waals surface area contributed by atoms with E-state index in [1.54, 1.807) is 6.92 Å². The molecule has 0 aliphatic carbocycles. The quantitative estimate of drug-likeness (QED) is 0.658. The first kappa shape index (κ1) is 22.0. The molecule has 2 aromatic rings. The highest BCUT2D eigenvalue weighted by molar-refractivity contribution is 7.15. The summed E-state index contributed by atoms with van der Waals surface area (Å²) in [5.74, 6) is -0.155. The topological polar surface area (TPSA) is 77.1 Å². The number of carbonyl (C=O) groups excluding carboxylic acids is 2. The average molecular weight is 445 g/mol. The van der Waals surface area contributed by atoms with Crippen molar-refractivity contribution in [3.63, 3.8) is 0 Å². The smallest absolute Gasteiger partial charge is 0.341 e. The van der Waals surface area contributed by atoms with Gasteiger partial charge in [-0.15, -0.1) is 11.3 Å². The number of piperidine rings is 1. The number of benzene rings is 1. The second kappa shape index (κ2) is 10.4. The van der Waals surface area contributed by atoms with Crippen LogP contribution in [-0.4, -0.2) is 62.5 Å². The van der Waals surface area contributed by atoms with E-state index in [0.717, 1.165) is 37.1 Å². The summed E-state index contributed by atoms with van der Waals surface area (Å²) < 4.78 is 16.5. The van der Waals surface area contributed by atoms with Crippen LogP contribution >= 0.6 is 11.3 Å². The summed E-state index contributed by atoms with van der Waals surface area (Å²) in [7, 11) is 0. The molecule has 1 aromatic carbocycles. The van der Waals surface area contributed by atoms with E-state index in [4.69, 9.17) is 14.2 Å². The van der Waals surface area contributed by atoms with Gasteiger partial charge >= 0.3 is 5.97 Å². The Bertz CT molecular complexity index is 887. The van der Waals surface area contributed by atoms with E-state index in [0.29, 0.717) is 36.2 Å². The number of nitrogens with zero attached hydrogens (tertiary/aromatic N) is 1. The van der Waals surface area contributed by atoms with Gasteiger partial charge < -0.3 is 19.5 Å². The fourth-order valence-corrected chi connectivity index (χ4v) is 5.06. The Morgan fingerprint density at radius 3 is 2.55 bits per heavy atom. The molecular formula is C23H28N2O5S. The van der Waals surface area contributed by atoms with Gasteiger partial charge in [-0.3, -0.25) is 9.69 Å². The molecule has 0 atom stereocenters. The summed E-state index contributed by atoms with van der Waals surface area (Å²) in [4.78, 5) is 27.5. The fraction of sp³-hybridized carbons (Fsp3) is 0.478. The molecule has 0 unspecified atom stereocenters. The zero-order chi connectivity index (χ0) is 21.6. The molecule has 0 saturated carbocycles. The van der Waals surface area contributed by atoms with Gasteiger partial charge in [-0.05, 0) is 38.4 Å². The number of nitrogens with one attached hydrogen (secondary N) is 1. The summed E-state index contributed by atoms with van der Waals surface area (Å²) in [6.07, 6.45) is 1.80. The van der Waals surface area contributed by atoms with Crippen LogP contribution in [0.15, 0.2) is 35.7 Å². The van der Waals surface area contributed by atoms with Crippen LogP contribution in [0, 0.1) is 5.92 Å². The summed E-state index contributed by atoms with van der Waals surface area (Å²) in [6, 6.07) is 9.66. The average Bonchev–Trinajstić information content (AvgIpc) is 3.45. The molecule has 2 saturated heterocycles. The van der Waals surface area contributed by atoms with Crippen molar-refractivity contribution in [1.82, 2.24) is 4.90 Å². The first-order valence-corrected chi connectivity index (χ1v) is 11.6. The lowest BCUT2D eigenvalue weighted by molar-refractivity contribution is -0.119. The number of hydrogen-bond acceptors (Lipinski definition) is 7. The van der Waals surface area contributed by atoms with Gasteiger partial charge in [-0.1, -0.05) is 30.3 Å². The molecule has 1 N–H and O–H groups in total. The molecule has 1 aromatic heterocycles. The molecule has 8 heteroatoms. The summed E-state index contributed by atoms with van der Waals surface area (Å²) >= 11 is 1.35. The minimum atomic E-state index is -0.421. The number of ether oxygens (including phenoxy) is 3. The van der Waals surface area contributed by atoms with E-state index in [9.17, 15) is 9.59 Å². The number of anilines is 1. The number of thiophene rings is 1. The SMILES string of the molecule is CCOC(=O)c1c(-c2ccccc2)csc1NC(=O)CN1CCC(C2OCCO2)CC1. The summed E-state index contributed by atoms with van der Waals surface area (Å²) in [5.41, 5.74) is 2.11. The first-order chi connectivity index (χ1) is 15.2. The number of likely N-dealkylation sites (tertiary alicyclic amines) is 1. The third-order valence-corrected chi connectivity index (χ3v) is 6.54. The molecule has 166 valence electrons. The first-order valence-electron chi connectivity index (χ1n) is 10.7. The number of rotatable bonds is 7. The molecule has 4 rings (SSSR count). The Hall–Kier alpha value is -2.26. The molecular weight excluding hydrogens is 416 g/mol. The Balaban J connectivity index is 1.40. The zero-order valence-electron chi connectivity index (χ0n) is 17.7. The van der Waals surface area contributed by atoms with Gasteiger partial charge in [-0.2, -0.15) is 0 Å². The lowest BCUT2D eigenvalue weighted by Gasteiger charge is -2.33. The highest BCUT2D eigenvalue weighted by Crippen LogP contribution is 2.36. The minimum Gasteiger partial charge on any atom is -0.462 e. The van der Waals surface area contributed by atoms with E-state index >= 15 is 0 Å². The lowest BCUT2D eigenvalue weighted by Crippen LogP contribution is -2.41.